The number of hydrogen-bond donors (Lipinski definition) is 2. The first-order valence-electron chi connectivity index (χ1n) is 9.36. The van der Waals surface area contributed by atoms with E-state index in [9.17, 15) is 0 Å². The molecular weight excluding hydrogens is 390 g/mol. The Morgan fingerprint density at radius 1 is 1.25 bits per heavy atom. The van der Waals surface area contributed by atoms with Gasteiger partial charge in [-0.05, 0) is 30.7 Å². The van der Waals surface area contributed by atoms with Crippen molar-refractivity contribution in [3.63, 3.8) is 0 Å². The predicted octanol–water partition coefficient (Wildman–Crippen LogP) is 3.24. The van der Waals surface area contributed by atoms with Crippen LogP contribution in [0.1, 0.15) is 47.0 Å². The fraction of sp³-hybridized carbons (Fsp3) is 0.474. The van der Waals surface area contributed by atoms with Gasteiger partial charge in [0.05, 0.1) is 12.2 Å². The van der Waals surface area contributed by atoms with Crippen molar-refractivity contribution in [2.24, 2.45) is 12.0 Å². The molecule has 0 aliphatic carbocycles. The third-order valence-electron chi connectivity index (χ3n) is 4.37. The van der Waals surface area contributed by atoms with Crippen LogP contribution in [0.4, 0.5) is 0 Å². The Balaban J connectivity index is 1.61. The number of aromatic nitrogens is 4. The molecule has 0 saturated carbocycles. The van der Waals surface area contributed by atoms with E-state index in [4.69, 9.17) is 4.99 Å². The topological polar surface area (TPSA) is 80.0 Å². The van der Waals surface area contributed by atoms with Crippen LogP contribution in [0.25, 0.3) is 0 Å². The Kier molecular flexibility index (Phi) is 7.16. The molecular formula is C19H27N7S2. The van der Waals surface area contributed by atoms with E-state index in [0.29, 0.717) is 19.0 Å². The Morgan fingerprint density at radius 2 is 2.11 bits per heavy atom. The fourth-order valence-electron chi connectivity index (χ4n) is 2.50. The van der Waals surface area contributed by atoms with Crippen LogP contribution in [-0.4, -0.2) is 32.3 Å². The van der Waals surface area contributed by atoms with Crippen molar-refractivity contribution in [3.05, 3.63) is 50.1 Å². The molecule has 0 amide bonds. The molecule has 0 fully saturated rings. The number of guanidine groups is 1. The molecule has 0 saturated heterocycles. The molecule has 0 unspecified atom stereocenters. The minimum absolute atomic E-state index is 0.446. The number of nitrogens with one attached hydrogen (secondary N) is 2. The van der Waals surface area contributed by atoms with E-state index >= 15 is 0 Å². The monoisotopic (exact) mass is 417 g/mol. The highest BCUT2D eigenvalue weighted by Gasteiger charge is 2.08. The van der Waals surface area contributed by atoms with Crippen molar-refractivity contribution >= 4 is 28.6 Å². The Hall–Kier alpha value is -2.26. The highest BCUT2D eigenvalue weighted by molar-refractivity contribution is 7.10. The average molecular weight is 418 g/mol. The van der Waals surface area contributed by atoms with Crippen molar-refractivity contribution in [1.82, 2.24) is 30.4 Å². The number of aliphatic imine (C=N–C) groups is 1. The Bertz CT molecular complexity index is 893. The lowest BCUT2D eigenvalue weighted by atomic mass is 10.2. The number of hydrogen-bond acceptors (Lipinski definition) is 6. The number of rotatable bonds is 8. The molecule has 3 aromatic heterocycles. The molecule has 0 spiro atoms. The Morgan fingerprint density at radius 3 is 2.75 bits per heavy atom. The zero-order valence-electron chi connectivity index (χ0n) is 16.8. The summed E-state index contributed by atoms with van der Waals surface area (Å²) in [4.78, 5) is 10.7. The van der Waals surface area contributed by atoms with E-state index in [1.54, 1.807) is 22.7 Å². The summed E-state index contributed by atoms with van der Waals surface area (Å²) in [6.45, 7) is 8.20. The number of thiazole rings is 1. The maximum absolute atomic E-state index is 4.70. The van der Waals surface area contributed by atoms with E-state index in [0.717, 1.165) is 41.3 Å². The van der Waals surface area contributed by atoms with Gasteiger partial charge in [0, 0.05) is 23.8 Å². The van der Waals surface area contributed by atoms with Crippen molar-refractivity contribution < 1.29 is 0 Å². The first kappa shape index (κ1) is 20.5. The minimum Gasteiger partial charge on any atom is -0.356 e. The summed E-state index contributed by atoms with van der Waals surface area (Å²) in [5.41, 5.74) is 1.14. The van der Waals surface area contributed by atoms with E-state index in [-0.39, 0.29) is 0 Å². The van der Waals surface area contributed by atoms with Gasteiger partial charge in [0.1, 0.15) is 17.4 Å². The van der Waals surface area contributed by atoms with Crippen LogP contribution in [0.2, 0.25) is 0 Å². The SMILES string of the molecule is Cc1nnc(CN=C(NCCc2cccs2)NCc2nc(C(C)C)cs2)n1C. The van der Waals surface area contributed by atoms with Crippen LogP contribution in [0.3, 0.4) is 0 Å². The summed E-state index contributed by atoms with van der Waals surface area (Å²) in [6.07, 6.45) is 0.968. The molecule has 0 aromatic carbocycles. The van der Waals surface area contributed by atoms with Crippen molar-refractivity contribution in [3.8, 4) is 0 Å². The Labute approximate surface area is 174 Å². The molecule has 0 aliphatic rings. The summed E-state index contributed by atoms with van der Waals surface area (Å²) >= 11 is 3.46. The number of aryl methyl sites for hydroxylation is 1. The molecule has 0 aliphatic heterocycles. The maximum atomic E-state index is 4.70. The first-order chi connectivity index (χ1) is 13.5. The standard InChI is InChI=1S/C19H27N7S2/c1-13(2)16-12-28-18(23-16)11-22-19(20-8-7-15-6-5-9-27-15)21-10-17-25-24-14(3)26(17)4/h5-6,9,12-13H,7-8,10-11H2,1-4H3,(H2,20,21,22). The predicted molar refractivity (Wildman–Crippen MR) is 116 cm³/mol. The van der Waals surface area contributed by atoms with Crippen molar-refractivity contribution in [2.75, 3.05) is 6.54 Å². The summed E-state index contributed by atoms with van der Waals surface area (Å²) in [6, 6.07) is 4.24. The van der Waals surface area contributed by atoms with Crippen LogP contribution in [0.15, 0.2) is 27.9 Å². The van der Waals surface area contributed by atoms with Gasteiger partial charge < -0.3 is 15.2 Å². The molecule has 0 bridgehead atoms. The van der Waals surface area contributed by atoms with Gasteiger partial charge in [-0.25, -0.2) is 9.98 Å². The highest BCUT2D eigenvalue weighted by Crippen LogP contribution is 2.17. The molecule has 0 atom stereocenters. The zero-order chi connectivity index (χ0) is 19.9. The van der Waals surface area contributed by atoms with Gasteiger partial charge >= 0.3 is 0 Å². The summed E-state index contributed by atoms with van der Waals surface area (Å²) in [7, 11) is 1.96. The summed E-state index contributed by atoms with van der Waals surface area (Å²) < 4.78 is 1.96. The lowest BCUT2D eigenvalue weighted by Crippen LogP contribution is -2.38. The van der Waals surface area contributed by atoms with E-state index in [1.807, 2.05) is 18.5 Å². The molecule has 28 heavy (non-hydrogen) atoms. The third kappa shape index (κ3) is 5.62. The van der Waals surface area contributed by atoms with Gasteiger partial charge in [-0.15, -0.1) is 32.9 Å². The van der Waals surface area contributed by atoms with Crippen LogP contribution < -0.4 is 10.6 Å². The average Bonchev–Trinajstić information content (AvgIpc) is 3.41. The van der Waals surface area contributed by atoms with Gasteiger partial charge in [0.2, 0.25) is 0 Å². The van der Waals surface area contributed by atoms with Gasteiger partial charge in [-0.2, -0.15) is 0 Å². The normalized spacial score (nSPS) is 12.0. The zero-order valence-corrected chi connectivity index (χ0v) is 18.4. The largest absolute Gasteiger partial charge is 0.356 e. The van der Waals surface area contributed by atoms with Crippen molar-refractivity contribution in [2.45, 2.75) is 46.2 Å². The van der Waals surface area contributed by atoms with Crippen LogP contribution in [0, 0.1) is 6.92 Å². The smallest absolute Gasteiger partial charge is 0.192 e. The minimum atomic E-state index is 0.446. The van der Waals surface area contributed by atoms with Gasteiger partial charge in [0.15, 0.2) is 11.8 Å². The number of thiophene rings is 1. The van der Waals surface area contributed by atoms with Crippen LogP contribution in [-0.2, 0) is 26.6 Å². The summed E-state index contributed by atoms with van der Waals surface area (Å²) in [5.74, 6) is 2.93. The highest BCUT2D eigenvalue weighted by atomic mass is 32.1. The molecule has 0 radical (unpaired) electrons. The van der Waals surface area contributed by atoms with E-state index in [1.165, 1.54) is 4.88 Å². The van der Waals surface area contributed by atoms with Gasteiger partial charge in [-0.1, -0.05) is 19.9 Å². The molecule has 7 nitrogen and oxygen atoms in total. The van der Waals surface area contributed by atoms with Crippen LogP contribution >= 0.6 is 22.7 Å². The lowest BCUT2D eigenvalue weighted by molar-refractivity contribution is 0.745. The first-order valence-corrected chi connectivity index (χ1v) is 11.1. The maximum Gasteiger partial charge on any atom is 0.192 e. The molecule has 2 N–H and O–H groups in total. The van der Waals surface area contributed by atoms with Gasteiger partial charge in [-0.3, -0.25) is 0 Å². The van der Waals surface area contributed by atoms with Crippen LogP contribution in [0.5, 0.6) is 0 Å². The number of nitrogens with zero attached hydrogens (tertiary/aromatic N) is 5. The molecule has 3 rings (SSSR count). The molecule has 9 heteroatoms. The lowest BCUT2D eigenvalue weighted by Gasteiger charge is -2.11. The molecule has 3 heterocycles. The second-order valence-corrected chi connectivity index (χ2v) is 8.79. The fourth-order valence-corrected chi connectivity index (χ4v) is 4.11. The third-order valence-corrected chi connectivity index (χ3v) is 6.18. The molecule has 3 aromatic rings. The molecule has 150 valence electrons. The van der Waals surface area contributed by atoms with E-state index < -0.39 is 0 Å². The van der Waals surface area contributed by atoms with Gasteiger partial charge in [0.25, 0.3) is 0 Å². The second-order valence-electron chi connectivity index (χ2n) is 6.82. The van der Waals surface area contributed by atoms with Crippen molar-refractivity contribution in [1.29, 1.82) is 0 Å². The second kappa shape index (κ2) is 9.79. The quantitative estimate of drug-likeness (QED) is 0.434. The summed E-state index contributed by atoms with van der Waals surface area (Å²) in [5, 5.41) is 20.4. The van der Waals surface area contributed by atoms with E-state index in [2.05, 4.69) is 62.6 Å².